The smallest absolute Gasteiger partial charge is 0.302 e. The van der Waals surface area contributed by atoms with Crippen LogP contribution >= 0.6 is 0 Å². The lowest BCUT2D eigenvalue weighted by molar-refractivity contribution is -0.138. The van der Waals surface area contributed by atoms with Gasteiger partial charge in [-0.3, -0.25) is 9.59 Å². The lowest BCUT2D eigenvalue weighted by Gasteiger charge is -2.02. The highest BCUT2D eigenvalue weighted by Gasteiger charge is 1.87. The van der Waals surface area contributed by atoms with E-state index in [1.807, 2.05) is 26.0 Å². The van der Waals surface area contributed by atoms with Crippen molar-refractivity contribution in [1.29, 1.82) is 0 Å². The van der Waals surface area contributed by atoms with E-state index < -0.39 is 0 Å². The van der Waals surface area contributed by atoms with E-state index in [2.05, 4.69) is 4.74 Å². The van der Waals surface area contributed by atoms with Crippen molar-refractivity contribution in [3.63, 3.8) is 0 Å². The number of carbonyl (C=O) groups is 5. The van der Waals surface area contributed by atoms with Crippen molar-refractivity contribution in [2.45, 2.75) is 48.5 Å². The van der Waals surface area contributed by atoms with Crippen LogP contribution in [0.4, 0.5) is 0 Å². The number of carbonyl (C=O) groups excluding carboxylic acids is 5. The molecule has 0 unspecified atom stereocenters. The molecular weight excluding hydrogens is 340 g/mol. The van der Waals surface area contributed by atoms with Crippen LogP contribution < -0.4 is 0 Å². The molecule has 0 aliphatic rings. The number of ketones is 2. The summed E-state index contributed by atoms with van der Waals surface area (Å²) in [7, 11) is 10.8. The highest BCUT2D eigenvalue weighted by atomic mass is 16.5. The van der Waals surface area contributed by atoms with Crippen LogP contribution in [0.5, 0.6) is 0 Å². The largest absolute Gasteiger partial charge is 0.469 e. The van der Waals surface area contributed by atoms with E-state index in [0.29, 0.717) is 0 Å². The molecule has 1 amide bonds. The number of hydrogen-bond donors (Lipinski definition) is 0. The van der Waals surface area contributed by atoms with Crippen molar-refractivity contribution in [1.82, 2.24) is 9.80 Å². The Morgan fingerprint density at radius 2 is 0.808 bits per heavy atom. The summed E-state index contributed by atoms with van der Waals surface area (Å²) in [6.45, 7) is 10.4. The normalized spacial score (nSPS) is 7.00. The minimum Gasteiger partial charge on any atom is -0.469 e. The summed E-state index contributed by atoms with van der Waals surface area (Å²) in [5.41, 5.74) is 0. The van der Waals surface area contributed by atoms with E-state index >= 15 is 0 Å². The van der Waals surface area contributed by atoms with Crippen molar-refractivity contribution >= 4 is 29.7 Å². The first kappa shape index (κ1) is 39.1. The van der Waals surface area contributed by atoms with Gasteiger partial charge in [-0.2, -0.15) is 0 Å². The van der Waals surface area contributed by atoms with Crippen LogP contribution in [0.15, 0.2) is 0 Å². The Balaban J connectivity index is -0.0000000468. The van der Waals surface area contributed by atoms with Gasteiger partial charge in [-0.25, -0.2) is 0 Å². The number of ether oxygens (including phenoxy) is 1. The highest BCUT2D eigenvalue weighted by molar-refractivity contribution is 5.72. The first-order chi connectivity index (χ1) is 11.5. The number of esters is 1. The maximum atomic E-state index is 10.1. The molecule has 26 heavy (non-hydrogen) atoms. The van der Waals surface area contributed by atoms with Crippen molar-refractivity contribution in [3.05, 3.63) is 0 Å². The SMILES string of the molecule is CC(=O)N(C)C.CC(C)=O.CC(C)=O.CC=O.CN(C)C.COC(C)=O. The van der Waals surface area contributed by atoms with E-state index in [1.165, 1.54) is 60.5 Å². The summed E-state index contributed by atoms with van der Waals surface area (Å²) in [6.07, 6.45) is 0.750. The topological polar surface area (TPSA) is 101 Å². The Kier molecular flexibility index (Phi) is 51.6. The van der Waals surface area contributed by atoms with Gasteiger partial charge in [0.25, 0.3) is 0 Å². The number of rotatable bonds is 0. The zero-order valence-corrected chi connectivity index (χ0v) is 18.9. The predicted molar refractivity (Wildman–Crippen MR) is 106 cm³/mol. The molecule has 0 aliphatic heterocycles. The average molecular weight is 381 g/mol. The number of hydrogen-bond acceptors (Lipinski definition) is 7. The number of methoxy groups -OCH3 is 1. The van der Waals surface area contributed by atoms with E-state index in [-0.39, 0.29) is 23.4 Å². The summed E-state index contributed by atoms with van der Waals surface area (Å²) < 4.78 is 4.11. The minimum absolute atomic E-state index is 0.0926. The van der Waals surface area contributed by atoms with Gasteiger partial charge in [-0.05, 0) is 55.8 Å². The van der Waals surface area contributed by atoms with Crippen LogP contribution in [-0.4, -0.2) is 81.9 Å². The number of aldehydes is 1. The van der Waals surface area contributed by atoms with E-state index in [9.17, 15) is 19.2 Å². The molecule has 0 aromatic rings. The molecule has 0 aromatic heterocycles. The quantitative estimate of drug-likeness (QED) is 0.467. The van der Waals surface area contributed by atoms with Crippen LogP contribution in [0, 0.1) is 0 Å². The van der Waals surface area contributed by atoms with Gasteiger partial charge in [-0.15, -0.1) is 0 Å². The third-order valence-corrected chi connectivity index (χ3v) is 0.917. The van der Waals surface area contributed by atoms with E-state index in [1.54, 1.807) is 14.1 Å². The lowest BCUT2D eigenvalue weighted by Crippen LogP contribution is -2.17. The minimum atomic E-state index is -0.245. The molecule has 0 rings (SSSR count). The molecule has 8 nitrogen and oxygen atoms in total. The van der Waals surface area contributed by atoms with Crippen molar-refractivity contribution in [3.8, 4) is 0 Å². The number of amides is 1. The monoisotopic (exact) mass is 380 g/mol. The molecule has 0 aliphatic carbocycles. The lowest BCUT2D eigenvalue weighted by atomic mass is 10.6. The Labute approximate surface area is 159 Å². The van der Waals surface area contributed by atoms with Gasteiger partial charge >= 0.3 is 5.97 Å². The Bertz CT molecular complexity index is 331. The number of Topliss-reactive ketones (excluding diaryl/α,β-unsaturated/α-hetero) is 2. The molecule has 0 spiro atoms. The van der Waals surface area contributed by atoms with Gasteiger partial charge in [0.05, 0.1) is 7.11 Å². The Morgan fingerprint density at radius 3 is 0.808 bits per heavy atom. The van der Waals surface area contributed by atoms with Crippen LogP contribution in [0.25, 0.3) is 0 Å². The summed E-state index contributed by atoms with van der Waals surface area (Å²) in [6, 6.07) is 0. The molecule has 0 saturated carbocycles. The molecule has 0 bridgehead atoms. The summed E-state index contributed by atoms with van der Waals surface area (Å²) in [5, 5.41) is 0. The van der Waals surface area contributed by atoms with Crippen molar-refractivity contribution in [2.24, 2.45) is 0 Å². The van der Waals surface area contributed by atoms with Gasteiger partial charge in [0.1, 0.15) is 17.9 Å². The van der Waals surface area contributed by atoms with Crippen molar-refractivity contribution < 1.29 is 28.7 Å². The average Bonchev–Trinajstić information content (AvgIpc) is 2.38. The van der Waals surface area contributed by atoms with Gasteiger partial charge in [0.2, 0.25) is 5.91 Å². The highest BCUT2D eigenvalue weighted by Crippen LogP contribution is 1.69. The molecule has 158 valence electrons. The molecule has 0 N–H and O–H groups in total. The summed E-state index contributed by atoms with van der Waals surface area (Å²) >= 11 is 0. The third kappa shape index (κ3) is 627. The second kappa shape index (κ2) is 34.3. The van der Waals surface area contributed by atoms with E-state index in [4.69, 9.17) is 4.79 Å². The van der Waals surface area contributed by atoms with E-state index in [0.717, 1.165) is 6.29 Å². The zero-order valence-electron chi connectivity index (χ0n) is 18.9. The fourth-order valence-corrected chi connectivity index (χ4v) is 0. The Morgan fingerprint density at radius 1 is 0.731 bits per heavy atom. The second-order valence-corrected chi connectivity index (χ2v) is 5.50. The molecule has 0 radical (unpaired) electrons. The summed E-state index contributed by atoms with van der Waals surface area (Å²) in [4.78, 5) is 50.9. The molecule has 0 saturated heterocycles. The summed E-state index contributed by atoms with van der Waals surface area (Å²) in [5.74, 6) is 0.181. The number of nitrogens with zero attached hydrogens (tertiary/aromatic N) is 2. The maximum Gasteiger partial charge on any atom is 0.302 e. The molecule has 0 atom stereocenters. The van der Waals surface area contributed by atoms with Crippen LogP contribution in [0.2, 0.25) is 0 Å². The fourth-order valence-electron chi connectivity index (χ4n) is 0. The molecule has 0 heterocycles. The molecular formula is C18H40N2O6. The maximum absolute atomic E-state index is 10.1. The first-order valence-corrected chi connectivity index (χ1v) is 7.70. The molecule has 8 heteroatoms. The van der Waals surface area contributed by atoms with Gasteiger partial charge < -0.3 is 28.9 Å². The molecule has 0 fully saturated rings. The predicted octanol–water partition coefficient (Wildman–Crippen LogP) is 1.85. The Hall–Kier alpha value is -2.09. The van der Waals surface area contributed by atoms with Gasteiger partial charge in [0, 0.05) is 27.9 Å². The second-order valence-electron chi connectivity index (χ2n) is 5.50. The third-order valence-electron chi connectivity index (χ3n) is 0.917. The fraction of sp³-hybridized carbons (Fsp3) is 0.722. The van der Waals surface area contributed by atoms with Crippen molar-refractivity contribution in [2.75, 3.05) is 42.3 Å². The van der Waals surface area contributed by atoms with Gasteiger partial charge in [-0.1, -0.05) is 0 Å². The zero-order chi connectivity index (χ0) is 22.9. The van der Waals surface area contributed by atoms with Crippen LogP contribution in [0.1, 0.15) is 48.5 Å². The standard InChI is InChI=1S/C4H9NO.C3H9N.C3H6O2.2C3H6O.C2H4O/c1-4(6)5(2)3;1-4(2)3;1-3(4)5-2;2*1-3(2)4;1-2-3/h1-3H3;1-3H3;1-2H3;2*1-2H3;2H,1H3. The first-order valence-electron chi connectivity index (χ1n) is 7.70. The van der Waals surface area contributed by atoms with Gasteiger partial charge in [0.15, 0.2) is 0 Å². The molecule has 0 aromatic carbocycles. The van der Waals surface area contributed by atoms with Crippen LogP contribution in [-0.2, 0) is 28.7 Å². The van der Waals surface area contributed by atoms with Crippen LogP contribution in [0.3, 0.4) is 0 Å².